The van der Waals surface area contributed by atoms with Crippen LogP contribution in [0.1, 0.15) is 11.5 Å². The number of nitrogens with one attached hydrogen (secondary N) is 1. The average molecular weight is 153 g/mol. The van der Waals surface area contributed by atoms with Crippen LogP contribution in [0.25, 0.3) is 0 Å². The van der Waals surface area contributed by atoms with Crippen molar-refractivity contribution in [2.45, 2.75) is 20.4 Å². The van der Waals surface area contributed by atoms with E-state index in [9.17, 15) is 0 Å². The molecule has 0 radical (unpaired) electrons. The molecule has 1 heterocycles. The second-order valence-corrected chi connectivity index (χ2v) is 2.73. The van der Waals surface area contributed by atoms with Gasteiger partial charge in [-0.2, -0.15) is 0 Å². The Morgan fingerprint density at radius 3 is 2.73 bits per heavy atom. The first-order valence-corrected chi connectivity index (χ1v) is 3.89. The van der Waals surface area contributed by atoms with Gasteiger partial charge >= 0.3 is 0 Å². The highest BCUT2D eigenvalue weighted by Gasteiger charge is 1.97. The van der Waals surface area contributed by atoms with Crippen LogP contribution in [0.5, 0.6) is 0 Å². The Morgan fingerprint density at radius 2 is 2.27 bits per heavy atom. The molecule has 0 spiro atoms. The quantitative estimate of drug-likeness (QED) is 0.693. The molecule has 11 heavy (non-hydrogen) atoms. The van der Waals surface area contributed by atoms with Gasteiger partial charge in [-0.3, -0.25) is 0 Å². The molecule has 3 nitrogen and oxygen atoms in total. The van der Waals surface area contributed by atoms with Crippen LogP contribution in [0.15, 0.2) is 6.20 Å². The lowest BCUT2D eigenvalue weighted by atomic mass is 10.5. The molecule has 0 aliphatic rings. The molecule has 0 saturated carbocycles. The highest BCUT2D eigenvalue weighted by atomic mass is 15.1. The molecule has 1 aromatic heterocycles. The molecule has 1 aromatic rings. The summed E-state index contributed by atoms with van der Waals surface area (Å²) in [5.41, 5.74) is 1.10. The Balaban J connectivity index is 2.62. The van der Waals surface area contributed by atoms with E-state index >= 15 is 0 Å². The van der Waals surface area contributed by atoms with Gasteiger partial charge in [0.1, 0.15) is 5.82 Å². The van der Waals surface area contributed by atoms with Crippen LogP contribution in [0.4, 0.5) is 0 Å². The van der Waals surface area contributed by atoms with Crippen LogP contribution in [0, 0.1) is 13.8 Å². The van der Waals surface area contributed by atoms with Crippen molar-refractivity contribution in [3.63, 3.8) is 0 Å². The van der Waals surface area contributed by atoms with Crippen LogP contribution in [-0.2, 0) is 6.54 Å². The summed E-state index contributed by atoms with van der Waals surface area (Å²) in [6.07, 6.45) is 2.08. The second-order valence-electron chi connectivity index (χ2n) is 2.73. The van der Waals surface area contributed by atoms with Gasteiger partial charge in [0.2, 0.25) is 0 Å². The summed E-state index contributed by atoms with van der Waals surface area (Å²) in [6.45, 7) is 6.05. The number of likely N-dealkylation sites (N-methyl/N-ethyl adjacent to an activating group) is 1. The number of rotatable bonds is 3. The van der Waals surface area contributed by atoms with Crippen molar-refractivity contribution in [3.8, 4) is 0 Å². The van der Waals surface area contributed by atoms with Gasteiger partial charge < -0.3 is 9.88 Å². The highest BCUT2D eigenvalue weighted by Crippen LogP contribution is 1.99. The maximum absolute atomic E-state index is 4.30. The fourth-order valence-corrected chi connectivity index (χ4v) is 1.13. The van der Waals surface area contributed by atoms with E-state index in [2.05, 4.69) is 21.1 Å². The number of hydrogen-bond donors (Lipinski definition) is 1. The van der Waals surface area contributed by atoms with Gasteiger partial charge in [-0.15, -0.1) is 0 Å². The molecule has 0 aliphatic heterocycles. The van der Waals surface area contributed by atoms with Crippen molar-refractivity contribution in [3.05, 3.63) is 17.7 Å². The standard InChI is InChI=1S/C8H15N3/c1-7-6-11(5-4-9-3)8(2)10-7/h6,9H,4-5H2,1-3H3. The first-order valence-electron chi connectivity index (χ1n) is 3.89. The lowest BCUT2D eigenvalue weighted by Gasteiger charge is -2.02. The fourth-order valence-electron chi connectivity index (χ4n) is 1.13. The third-order valence-corrected chi connectivity index (χ3v) is 1.70. The summed E-state index contributed by atoms with van der Waals surface area (Å²) in [6, 6.07) is 0. The SMILES string of the molecule is CNCCn1cc(C)nc1C. The van der Waals surface area contributed by atoms with Gasteiger partial charge in [0.05, 0.1) is 5.69 Å². The van der Waals surface area contributed by atoms with Crippen LogP contribution in [0.3, 0.4) is 0 Å². The zero-order valence-electron chi connectivity index (χ0n) is 7.39. The molecule has 0 saturated heterocycles. The van der Waals surface area contributed by atoms with Gasteiger partial charge in [0.15, 0.2) is 0 Å². The Morgan fingerprint density at radius 1 is 1.55 bits per heavy atom. The maximum atomic E-state index is 4.30. The third kappa shape index (κ3) is 2.05. The third-order valence-electron chi connectivity index (χ3n) is 1.70. The number of hydrogen-bond acceptors (Lipinski definition) is 2. The minimum Gasteiger partial charge on any atom is -0.334 e. The molecule has 0 aliphatic carbocycles. The zero-order valence-corrected chi connectivity index (χ0v) is 7.39. The molecule has 0 fully saturated rings. The van der Waals surface area contributed by atoms with Crippen LogP contribution in [0.2, 0.25) is 0 Å². The highest BCUT2D eigenvalue weighted by molar-refractivity contribution is 5.00. The van der Waals surface area contributed by atoms with Crippen LogP contribution >= 0.6 is 0 Å². The summed E-state index contributed by atoms with van der Waals surface area (Å²) in [5, 5.41) is 3.10. The van der Waals surface area contributed by atoms with E-state index in [0.29, 0.717) is 0 Å². The minimum atomic E-state index is 0.997. The van der Waals surface area contributed by atoms with E-state index in [4.69, 9.17) is 0 Å². The summed E-state index contributed by atoms with van der Waals surface area (Å²) in [7, 11) is 1.96. The molecule has 62 valence electrons. The fraction of sp³-hybridized carbons (Fsp3) is 0.625. The first-order chi connectivity index (χ1) is 5.24. The zero-order chi connectivity index (χ0) is 8.27. The predicted molar refractivity (Wildman–Crippen MR) is 45.6 cm³/mol. The van der Waals surface area contributed by atoms with Crippen molar-refractivity contribution in [2.75, 3.05) is 13.6 Å². The Hall–Kier alpha value is -0.830. The Kier molecular flexibility index (Phi) is 2.65. The number of aryl methyl sites for hydroxylation is 2. The van der Waals surface area contributed by atoms with Crippen molar-refractivity contribution >= 4 is 0 Å². The van der Waals surface area contributed by atoms with Gasteiger partial charge in [0.25, 0.3) is 0 Å². The Labute approximate surface area is 67.4 Å². The van der Waals surface area contributed by atoms with E-state index in [1.165, 1.54) is 0 Å². The molecule has 1 rings (SSSR count). The predicted octanol–water partition coefficient (Wildman–Crippen LogP) is 0.719. The van der Waals surface area contributed by atoms with Crippen molar-refractivity contribution in [2.24, 2.45) is 0 Å². The van der Waals surface area contributed by atoms with Crippen LogP contribution < -0.4 is 5.32 Å². The summed E-state index contributed by atoms with van der Waals surface area (Å²) < 4.78 is 2.16. The molecular formula is C8H15N3. The monoisotopic (exact) mass is 153 g/mol. The van der Waals surface area contributed by atoms with Gasteiger partial charge in [0, 0.05) is 19.3 Å². The summed E-state index contributed by atoms with van der Waals surface area (Å²) >= 11 is 0. The van der Waals surface area contributed by atoms with Crippen molar-refractivity contribution < 1.29 is 0 Å². The van der Waals surface area contributed by atoms with E-state index in [0.717, 1.165) is 24.6 Å². The lowest BCUT2D eigenvalue weighted by Crippen LogP contribution is -2.15. The van der Waals surface area contributed by atoms with Gasteiger partial charge in [-0.1, -0.05) is 0 Å². The second kappa shape index (κ2) is 3.53. The molecule has 0 atom stereocenters. The number of nitrogens with zero attached hydrogens (tertiary/aromatic N) is 2. The average Bonchev–Trinajstić information content (AvgIpc) is 2.26. The molecule has 0 amide bonds. The Bertz CT molecular complexity index is 227. The molecule has 0 aromatic carbocycles. The van der Waals surface area contributed by atoms with Crippen LogP contribution in [-0.4, -0.2) is 23.1 Å². The van der Waals surface area contributed by atoms with E-state index < -0.39 is 0 Å². The molecule has 3 heteroatoms. The van der Waals surface area contributed by atoms with Gasteiger partial charge in [-0.25, -0.2) is 4.98 Å². The largest absolute Gasteiger partial charge is 0.334 e. The molecule has 0 bridgehead atoms. The summed E-state index contributed by atoms with van der Waals surface area (Å²) in [4.78, 5) is 4.30. The molecule has 1 N–H and O–H groups in total. The molecule has 0 unspecified atom stereocenters. The first kappa shape index (κ1) is 8.27. The van der Waals surface area contributed by atoms with E-state index in [-0.39, 0.29) is 0 Å². The van der Waals surface area contributed by atoms with E-state index in [1.807, 2.05) is 20.9 Å². The van der Waals surface area contributed by atoms with E-state index in [1.54, 1.807) is 0 Å². The topological polar surface area (TPSA) is 29.9 Å². The normalized spacial score (nSPS) is 10.5. The summed E-state index contributed by atoms with van der Waals surface area (Å²) in [5.74, 6) is 1.10. The number of imidazole rings is 1. The minimum absolute atomic E-state index is 0.997. The molecular weight excluding hydrogens is 138 g/mol. The van der Waals surface area contributed by atoms with Crippen molar-refractivity contribution in [1.29, 1.82) is 0 Å². The smallest absolute Gasteiger partial charge is 0.105 e. The lowest BCUT2D eigenvalue weighted by molar-refractivity contribution is 0.629. The van der Waals surface area contributed by atoms with Crippen molar-refractivity contribution in [1.82, 2.24) is 14.9 Å². The maximum Gasteiger partial charge on any atom is 0.105 e. The number of aromatic nitrogens is 2. The van der Waals surface area contributed by atoms with Gasteiger partial charge in [-0.05, 0) is 20.9 Å².